The lowest BCUT2D eigenvalue weighted by molar-refractivity contribution is -0.159. The van der Waals surface area contributed by atoms with Crippen LogP contribution in [0, 0.1) is 0 Å². The molecule has 0 saturated heterocycles. The van der Waals surface area contributed by atoms with E-state index in [1.807, 2.05) is 11.0 Å². The van der Waals surface area contributed by atoms with Gasteiger partial charge in [0.15, 0.2) is 0 Å². The van der Waals surface area contributed by atoms with E-state index in [0.29, 0.717) is 0 Å². The maximum absolute atomic E-state index is 11.3. The number of carbonyl (C=O) groups excluding carboxylic acids is 6. The summed E-state index contributed by atoms with van der Waals surface area (Å²) in [5, 5.41) is 0. The number of primary amides is 2. The van der Waals surface area contributed by atoms with Crippen LogP contribution in [-0.4, -0.2) is 35.6 Å². The van der Waals surface area contributed by atoms with Crippen molar-refractivity contribution in [3.63, 3.8) is 0 Å². The zero-order valence-electron chi connectivity index (χ0n) is 14.1. The number of hydrogen-bond donors (Lipinski definition) is 4. The van der Waals surface area contributed by atoms with E-state index < -0.39 is 35.6 Å². The summed E-state index contributed by atoms with van der Waals surface area (Å²) < 4.78 is 0. The summed E-state index contributed by atoms with van der Waals surface area (Å²) in [7, 11) is 0. The van der Waals surface area contributed by atoms with Crippen LogP contribution in [0.1, 0.15) is 51.4 Å². The van der Waals surface area contributed by atoms with Crippen LogP contribution in [-0.2, 0) is 38.4 Å². The lowest BCUT2D eigenvalue weighted by Crippen LogP contribution is -2.28. The second-order valence-corrected chi connectivity index (χ2v) is 5.14. The molecule has 4 amide bonds. The number of amides is 4. The molecule has 6 N–H and O–H groups in total. The Morgan fingerprint density at radius 2 is 0.923 bits per heavy atom. The highest BCUT2D eigenvalue weighted by Gasteiger charge is 2.11. The number of hydroxylamine groups is 2. The van der Waals surface area contributed by atoms with Gasteiger partial charge in [-0.25, -0.2) is 9.59 Å². The van der Waals surface area contributed by atoms with Crippen molar-refractivity contribution in [1.29, 1.82) is 0 Å². The molecular weight excluding hydrogens is 352 g/mol. The molecule has 12 heteroatoms. The Kier molecular flexibility index (Phi) is 11.5. The van der Waals surface area contributed by atoms with E-state index in [-0.39, 0.29) is 51.4 Å². The van der Waals surface area contributed by atoms with Crippen molar-refractivity contribution in [2.24, 2.45) is 11.5 Å². The van der Waals surface area contributed by atoms with E-state index in [0.717, 1.165) is 0 Å². The topological polar surface area (TPSA) is 197 Å². The van der Waals surface area contributed by atoms with Gasteiger partial charge in [-0.1, -0.05) is 0 Å². The van der Waals surface area contributed by atoms with Gasteiger partial charge in [0.1, 0.15) is 0 Å². The molecule has 12 nitrogen and oxygen atoms in total. The average molecular weight is 374 g/mol. The molecule has 0 unspecified atom stereocenters. The normalized spacial score (nSPS) is 9.69. The molecule has 146 valence electrons. The summed E-state index contributed by atoms with van der Waals surface area (Å²) in [5.41, 5.74) is 13.5. The number of nitrogens with two attached hydrogens (primary N) is 2. The third-order valence-corrected chi connectivity index (χ3v) is 2.77. The van der Waals surface area contributed by atoms with E-state index in [9.17, 15) is 28.8 Å². The SMILES string of the molecule is NC(=O)CCC(=O)NOC(=O)CCCCC(=O)ONC(=O)CCC(N)=O. The fraction of sp³-hybridized carbons (Fsp3) is 0.571. The minimum absolute atomic E-state index is 0.0612. The highest BCUT2D eigenvalue weighted by molar-refractivity contribution is 5.84. The first-order chi connectivity index (χ1) is 12.2. The summed E-state index contributed by atoms with van der Waals surface area (Å²) >= 11 is 0. The fourth-order valence-corrected chi connectivity index (χ4v) is 1.44. The molecule has 0 aromatic carbocycles. The van der Waals surface area contributed by atoms with Crippen LogP contribution in [0.3, 0.4) is 0 Å². The molecule has 0 rings (SSSR count). The minimum Gasteiger partial charge on any atom is -0.370 e. The summed E-state index contributed by atoms with van der Waals surface area (Å²) in [6, 6.07) is 0. The highest BCUT2D eigenvalue weighted by Crippen LogP contribution is 2.02. The third kappa shape index (κ3) is 14.4. The van der Waals surface area contributed by atoms with E-state index in [2.05, 4.69) is 9.68 Å². The van der Waals surface area contributed by atoms with Gasteiger partial charge in [-0.05, 0) is 12.8 Å². The Labute approximate surface area is 148 Å². The molecule has 0 heterocycles. The van der Waals surface area contributed by atoms with Gasteiger partial charge in [-0.3, -0.25) is 19.2 Å². The number of rotatable bonds is 11. The van der Waals surface area contributed by atoms with Gasteiger partial charge in [-0.2, -0.15) is 11.0 Å². The molecule has 0 fully saturated rings. The molecule has 0 spiro atoms. The summed E-state index contributed by atoms with van der Waals surface area (Å²) in [4.78, 5) is 74.9. The second kappa shape index (κ2) is 13.1. The molecule has 0 saturated carbocycles. The van der Waals surface area contributed by atoms with E-state index in [1.54, 1.807) is 0 Å². The molecule has 0 atom stereocenters. The lowest BCUT2D eigenvalue weighted by atomic mass is 10.2. The Balaban J connectivity index is 3.68. The van der Waals surface area contributed by atoms with Gasteiger partial charge in [0.05, 0.1) is 0 Å². The summed E-state index contributed by atoms with van der Waals surface area (Å²) in [6.45, 7) is 0. The molecule has 0 aliphatic carbocycles. The van der Waals surface area contributed by atoms with Crippen molar-refractivity contribution in [3.05, 3.63) is 0 Å². The molecule has 0 bridgehead atoms. The van der Waals surface area contributed by atoms with Crippen molar-refractivity contribution in [1.82, 2.24) is 11.0 Å². The summed E-state index contributed by atoms with van der Waals surface area (Å²) in [6.07, 6.45) is -0.279. The van der Waals surface area contributed by atoms with Crippen molar-refractivity contribution in [2.45, 2.75) is 51.4 Å². The van der Waals surface area contributed by atoms with Gasteiger partial charge >= 0.3 is 11.9 Å². The molecule has 0 aliphatic rings. The standard InChI is InChI=1S/C14H22N4O8/c15-9(19)5-7-11(21)17-25-13(23)3-1-2-4-14(24)26-18-12(22)8-6-10(16)20/h1-8H2,(H2,15,19)(H2,16,20)(H,17,21)(H,18,22). The number of nitrogens with one attached hydrogen (secondary N) is 2. The number of carbonyl (C=O) groups is 6. The zero-order valence-corrected chi connectivity index (χ0v) is 14.1. The largest absolute Gasteiger partial charge is 0.370 e. The molecule has 0 aliphatic heterocycles. The van der Waals surface area contributed by atoms with Crippen molar-refractivity contribution >= 4 is 35.6 Å². The highest BCUT2D eigenvalue weighted by atomic mass is 16.7. The number of unbranched alkanes of at least 4 members (excludes halogenated alkanes) is 1. The second-order valence-electron chi connectivity index (χ2n) is 5.14. The van der Waals surface area contributed by atoms with Crippen LogP contribution in [0.2, 0.25) is 0 Å². The Bertz CT molecular complexity index is 501. The van der Waals surface area contributed by atoms with E-state index >= 15 is 0 Å². The Hall–Kier alpha value is -3.18. The van der Waals surface area contributed by atoms with Crippen LogP contribution in [0.5, 0.6) is 0 Å². The van der Waals surface area contributed by atoms with Crippen LogP contribution < -0.4 is 22.4 Å². The quantitative estimate of drug-likeness (QED) is 0.240. The van der Waals surface area contributed by atoms with Gasteiger partial charge < -0.3 is 21.1 Å². The first-order valence-corrected chi connectivity index (χ1v) is 7.74. The maximum atomic E-state index is 11.3. The van der Waals surface area contributed by atoms with Crippen molar-refractivity contribution in [3.8, 4) is 0 Å². The predicted octanol–water partition coefficient (Wildman–Crippen LogP) is -1.77. The molecule has 26 heavy (non-hydrogen) atoms. The minimum atomic E-state index is -0.717. The zero-order chi connectivity index (χ0) is 19.9. The molecule has 0 radical (unpaired) electrons. The molecular formula is C14H22N4O8. The first-order valence-electron chi connectivity index (χ1n) is 7.74. The van der Waals surface area contributed by atoms with E-state index in [1.165, 1.54) is 0 Å². The van der Waals surface area contributed by atoms with Gasteiger partial charge in [-0.15, -0.1) is 0 Å². The third-order valence-electron chi connectivity index (χ3n) is 2.77. The van der Waals surface area contributed by atoms with Gasteiger partial charge in [0.25, 0.3) is 11.8 Å². The fourth-order valence-electron chi connectivity index (χ4n) is 1.44. The predicted molar refractivity (Wildman–Crippen MR) is 83.8 cm³/mol. The van der Waals surface area contributed by atoms with Crippen LogP contribution in [0.4, 0.5) is 0 Å². The molecule has 0 aromatic rings. The maximum Gasteiger partial charge on any atom is 0.332 e. The van der Waals surface area contributed by atoms with Gasteiger partial charge in [0, 0.05) is 38.5 Å². The first kappa shape index (κ1) is 22.8. The Morgan fingerprint density at radius 1 is 0.577 bits per heavy atom. The summed E-state index contributed by atoms with van der Waals surface area (Å²) in [5.74, 6) is -4.05. The van der Waals surface area contributed by atoms with Gasteiger partial charge in [0.2, 0.25) is 11.8 Å². The van der Waals surface area contributed by atoms with Crippen LogP contribution in [0.25, 0.3) is 0 Å². The van der Waals surface area contributed by atoms with Crippen molar-refractivity contribution < 1.29 is 38.4 Å². The smallest absolute Gasteiger partial charge is 0.332 e. The monoisotopic (exact) mass is 374 g/mol. The van der Waals surface area contributed by atoms with Crippen molar-refractivity contribution in [2.75, 3.05) is 0 Å². The van der Waals surface area contributed by atoms with E-state index in [4.69, 9.17) is 11.5 Å². The lowest BCUT2D eigenvalue weighted by Gasteiger charge is -2.06. The number of hydrogen-bond acceptors (Lipinski definition) is 8. The molecule has 0 aromatic heterocycles. The Morgan fingerprint density at radius 3 is 1.23 bits per heavy atom. The van der Waals surface area contributed by atoms with Crippen LogP contribution in [0.15, 0.2) is 0 Å². The average Bonchev–Trinajstić information content (AvgIpc) is 2.58. The van der Waals surface area contributed by atoms with Crippen LogP contribution >= 0.6 is 0 Å².